The number of anilines is 1. The summed E-state index contributed by atoms with van der Waals surface area (Å²) in [7, 11) is 0. The first-order chi connectivity index (χ1) is 18.4. The quantitative estimate of drug-likeness (QED) is 0.128. The van der Waals surface area contributed by atoms with Gasteiger partial charge in [-0.1, -0.05) is 79.8 Å². The van der Waals surface area contributed by atoms with Crippen LogP contribution in [0.5, 0.6) is 5.75 Å². The number of carbonyl (C=O) groups excluding carboxylic acids is 2. The zero-order valence-electron chi connectivity index (χ0n) is 22.1. The Kier molecular flexibility index (Phi) is 17.6. The van der Waals surface area contributed by atoms with Crippen molar-refractivity contribution < 1.29 is 24.6 Å². The predicted octanol–water partition coefficient (Wildman–Crippen LogP) is 6.62. The van der Waals surface area contributed by atoms with Gasteiger partial charge < -0.3 is 20.8 Å². The second-order valence-electron chi connectivity index (χ2n) is 8.32. The van der Waals surface area contributed by atoms with Gasteiger partial charge in [0.2, 0.25) is 11.8 Å². The molecule has 0 fully saturated rings. The van der Waals surface area contributed by atoms with Gasteiger partial charge in [0, 0.05) is 12.1 Å². The van der Waals surface area contributed by atoms with E-state index in [0.29, 0.717) is 6.42 Å². The maximum absolute atomic E-state index is 12.0. The maximum Gasteiger partial charge on any atom is 0.339 e. The van der Waals surface area contributed by atoms with Crippen molar-refractivity contribution in [3.8, 4) is 5.75 Å². The van der Waals surface area contributed by atoms with Crippen LogP contribution >= 0.6 is 0 Å². The number of carbonyl (C=O) groups is 3. The Morgan fingerprint density at radius 2 is 1.24 bits per heavy atom. The molecule has 0 aromatic heterocycles. The summed E-state index contributed by atoms with van der Waals surface area (Å²) in [5.74, 6) is -2.44. The molecule has 0 saturated carbocycles. The molecule has 0 heterocycles. The molecule has 7 nitrogen and oxygen atoms in total. The van der Waals surface area contributed by atoms with E-state index in [0.717, 1.165) is 44.6 Å². The van der Waals surface area contributed by atoms with Gasteiger partial charge >= 0.3 is 5.97 Å². The summed E-state index contributed by atoms with van der Waals surface area (Å²) in [5.41, 5.74) is -0.0966. The summed E-state index contributed by atoms with van der Waals surface area (Å²) >= 11 is 0. The Hall–Kier alpha value is -4.13. The molecule has 0 spiro atoms. The summed E-state index contributed by atoms with van der Waals surface area (Å²) < 4.78 is 0. The third kappa shape index (κ3) is 16.5. The number of hydrogen-bond donors (Lipinski definition) is 4. The molecule has 0 aliphatic rings. The Balaban J connectivity index is 2.10. The van der Waals surface area contributed by atoms with Crippen molar-refractivity contribution in [3.05, 3.63) is 96.7 Å². The highest BCUT2D eigenvalue weighted by Gasteiger charge is 2.12. The lowest BCUT2D eigenvalue weighted by Gasteiger charge is -2.08. The smallest absolute Gasteiger partial charge is 0.339 e. The molecule has 204 valence electrons. The lowest BCUT2D eigenvalue weighted by molar-refractivity contribution is -0.124. The number of allylic oxidation sites excluding steroid dienone is 12. The van der Waals surface area contributed by atoms with Gasteiger partial charge in [-0.2, -0.15) is 0 Å². The fourth-order valence-electron chi connectivity index (χ4n) is 3.11. The minimum atomic E-state index is -1.30. The van der Waals surface area contributed by atoms with Crippen LogP contribution in [0.3, 0.4) is 0 Å². The maximum atomic E-state index is 12.0. The van der Waals surface area contributed by atoms with E-state index < -0.39 is 17.6 Å². The molecule has 0 unspecified atom stereocenters. The highest BCUT2D eigenvalue weighted by atomic mass is 16.4. The molecular formula is C31H40N2O5. The van der Waals surface area contributed by atoms with Crippen molar-refractivity contribution in [1.29, 1.82) is 0 Å². The molecule has 1 aromatic rings. The number of nitrogens with one attached hydrogen (secondary N) is 2. The van der Waals surface area contributed by atoms with Gasteiger partial charge in [0.25, 0.3) is 0 Å². The number of carboxylic acid groups (broad SMARTS) is 1. The molecule has 0 aliphatic heterocycles. The summed E-state index contributed by atoms with van der Waals surface area (Å²) in [6.07, 6.45) is 32.0. The number of amides is 2. The molecular weight excluding hydrogens is 480 g/mol. The van der Waals surface area contributed by atoms with Gasteiger partial charge in [-0.15, -0.1) is 0 Å². The first kappa shape index (κ1) is 31.9. The average molecular weight is 521 g/mol. The van der Waals surface area contributed by atoms with Crippen LogP contribution in [0.15, 0.2) is 91.1 Å². The van der Waals surface area contributed by atoms with E-state index in [-0.39, 0.29) is 30.1 Å². The topological polar surface area (TPSA) is 116 Å². The summed E-state index contributed by atoms with van der Waals surface area (Å²) in [6, 6.07) is 3.71. The normalized spacial score (nSPS) is 12.1. The lowest BCUT2D eigenvalue weighted by Crippen LogP contribution is -2.32. The number of benzene rings is 1. The van der Waals surface area contributed by atoms with Gasteiger partial charge in [0.05, 0.1) is 6.54 Å². The van der Waals surface area contributed by atoms with E-state index in [9.17, 15) is 19.5 Å². The third-order valence-corrected chi connectivity index (χ3v) is 5.09. The summed E-state index contributed by atoms with van der Waals surface area (Å²) in [6.45, 7) is 1.90. The van der Waals surface area contributed by atoms with Crippen molar-refractivity contribution in [2.24, 2.45) is 0 Å². The molecule has 0 bridgehead atoms. The van der Waals surface area contributed by atoms with Crippen molar-refractivity contribution in [2.75, 3.05) is 11.9 Å². The van der Waals surface area contributed by atoms with E-state index in [2.05, 4.69) is 78.3 Å². The molecule has 0 atom stereocenters. The fraction of sp³-hybridized carbons (Fsp3) is 0.323. The first-order valence-corrected chi connectivity index (χ1v) is 13.0. The van der Waals surface area contributed by atoms with Crippen LogP contribution in [-0.2, 0) is 9.59 Å². The van der Waals surface area contributed by atoms with Gasteiger partial charge in [-0.05, 0) is 63.1 Å². The molecule has 0 aliphatic carbocycles. The van der Waals surface area contributed by atoms with E-state index in [1.807, 2.05) is 12.2 Å². The molecule has 2 amide bonds. The van der Waals surface area contributed by atoms with Crippen LogP contribution in [0.25, 0.3) is 0 Å². The standard InChI is InChI=1S/C31H40N2O5/c1-2-3-4-5-6-7-8-9-10-11-12-13-14-15-16-17-18-19-20-21-29(35)32-25-30(36)33-26-22-23-28(34)27(24-26)31(37)38/h3-4,6-7,9-10,12-13,15-16,18-19,22-24,34H,2,5,8,11,14,17,20-21,25H2,1H3,(H,32,35)(H,33,36)(H,37,38). The number of aromatic hydroxyl groups is 1. The molecule has 38 heavy (non-hydrogen) atoms. The van der Waals surface area contributed by atoms with Crippen molar-refractivity contribution in [2.45, 2.75) is 58.3 Å². The second-order valence-corrected chi connectivity index (χ2v) is 8.32. The lowest BCUT2D eigenvalue weighted by atomic mass is 10.2. The largest absolute Gasteiger partial charge is 0.507 e. The number of rotatable bonds is 18. The molecule has 0 saturated heterocycles. The molecule has 0 radical (unpaired) electrons. The Morgan fingerprint density at radius 3 is 1.74 bits per heavy atom. The third-order valence-electron chi connectivity index (χ3n) is 5.09. The van der Waals surface area contributed by atoms with Gasteiger partial charge in [-0.25, -0.2) is 4.79 Å². The van der Waals surface area contributed by atoms with Crippen LogP contribution in [0.2, 0.25) is 0 Å². The molecule has 1 rings (SSSR count). The Morgan fingerprint density at radius 1 is 0.737 bits per heavy atom. The first-order valence-electron chi connectivity index (χ1n) is 13.0. The average Bonchev–Trinajstić information content (AvgIpc) is 2.89. The van der Waals surface area contributed by atoms with Crippen LogP contribution < -0.4 is 10.6 Å². The van der Waals surface area contributed by atoms with Crippen molar-refractivity contribution in [3.63, 3.8) is 0 Å². The SMILES string of the molecule is CCC=CCC=CCC=CCC=CCC=CCC=CCCC(=O)NCC(=O)Nc1ccc(O)c(C(=O)O)c1. The zero-order valence-corrected chi connectivity index (χ0v) is 22.1. The molecule has 1 aromatic carbocycles. The molecule has 4 N–H and O–H groups in total. The Bertz CT molecular complexity index is 1050. The number of aromatic carboxylic acids is 1. The fourth-order valence-corrected chi connectivity index (χ4v) is 3.11. The van der Waals surface area contributed by atoms with E-state index >= 15 is 0 Å². The van der Waals surface area contributed by atoms with Crippen molar-refractivity contribution >= 4 is 23.5 Å². The number of phenols is 1. The minimum absolute atomic E-state index is 0.220. The van der Waals surface area contributed by atoms with Crippen LogP contribution in [0.4, 0.5) is 5.69 Å². The number of carboxylic acids is 1. The summed E-state index contributed by atoms with van der Waals surface area (Å²) in [5, 5.41) is 23.5. The number of hydrogen-bond acceptors (Lipinski definition) is 4. The van der Waals surface area contributed by atoms with Crippen LogP contribution in [0.1, 0.15) is 68.6 Å². The van der Waals surface area contributed by atoms with E-state index in [4.69, 9.17) is 5.11 Å². The summed E-state index contributed by atoms with van der Waals surface area (Å²) in [4.78, 5) is 34.9. The van der Waals surface area contributed by atoms with Crippen LogP contribution in [0, 0.1) is 0 Å². The second kappa shape index (κ2) is 21.0. The van der Waals surface area contributed by atoms with Crippen molar-refractivity contribution in [1.82, 2.24) is 5.32 Å². The van der Waals surface area contributed by atoms with Gasteiger partial charge in [-0.3, -0.25) is 9.59 Å². The predicted molar refractivity (Wildman–Crippen MR) is 154 cm³/mol. The Labute approximate surface area is 226 Å². The van der Waals surface area contributed by atoms with Gasteiger partial charge in [0.1, 0.15) is 11.3 Å². The molecule has 7 heteroatoms. The highest BCUT2D eigenvalue weighted by Crippen LogP contribution is 2.21. The minimum Gasteiger partial charge on any atom is -0.507 e. The van der Waals surface area contributed by atoms with Gasteiger partial charge in [0.15, 0.2) is 0 Å². The zero-order chi connectivity index (χ0) is 27.8. The van der Waals surface area contributed by atoms with E-state index in [1.54, 1.807) is 0 Å². The monoisotopic (exact) mass is 520 g/mol. The van der Waals surface area contributed by atoms with E-state index in [1.165, 1.54) is 12.1 Å². The highest BCUT2D eigenvalue weighted by molar-refractivity contribution is 5.97. The van der Waals surface area contributed by atoms with Crippen LogP contribution in [-0.4, -0.2) is 34.5 Å².